The van der Waals surface area contributed by atoms with Crippen molar-refractivity contribution in [3.05, 3.63) is 0 Å². The molecule has 1 aliphatic carbocycles. The van der Waals surface area contributed by atoms with Crippen LogP contribution in [0, 0.1) is 5.41 Å². The first kappa shape index (κ1) is 10.0. The molecule has 1 rings (SSSR count). The molecule has 0 spiro atoms. The van der Waals surface area contributed by atoms with Gasteiger partial charge in [0.05, 0.1) is 12.2 Å². The Kier molecular flexibility index (Phi) is 2.79. The quantitative estimate of drug-likeness (QED) is 0.690. The van der Waals surface area contributed by atoms with Gasteiger partial charge in [0.1, 0.15) is 0 Å². The van der Waals surface area contributed by atoms with Gasteiger partial charge in [-0.2, -0.15) is 0 Å². The zero-order valence-electron chi connectivity index (χ0n) is 8.39. The van der Waals surface area contributed by atoms with Crippen LogP contribution in [-0.2, 0) is 4.74 Å². The van der Waals surface area contributed by atoms with Gasteiger partial charge >= 0.3 is 0 Å². The maximum Gasteiger partial charge on any atom is 0.0908 e. The van der Waals surface area contributed by atoms with E-state index >= 15 is 0 Å². The van der Waals surface area contributed by atoms with E-state index in [1.54, 1.807) is 7.11 Å². The minimum absolute atomic E-state index is 0.166. The van der Waals surface area contributed by atoms with Crippen LogP contribution in [0.4, 0.5) is 0 Å². The van der Waals surface area contributed by atoms with Crippen LogP contribution in [0.1, 0.15) is 39.5 Å². The summed E-state index contributed by atoms with van der Waals surface area (Å²) < 4.78 is 5.37. The topological polar surface area (TPSA) is 29.5 Å². The molecule has 0 heterocycles. The molecule has 0 saturated heterocycles. The largest absolute Gasteiger partial charge is 0.393 e. The average molecular weight is 172 g/mol. The Morgan fingerprint density at radius 1 is 1.17 bits per heavy atom. The molecule has 2 heteroatoms. The lowest BCUT2D eigenvalue weighted by Crippen LogP contribution is -2.41. The van der Waals surface area contributed by atoms with Gasteiger partial charge in [-0.25, -0.2) is 0 Å². The molecule has 0 aliphatic heterocycles. The summed E-state index contributed by atoms with van der Waals surface area (Å²) in [6, 6.07) is 0. The van der Waals surface area contributed by atoms with Crippen LogP contribution in [0.25, 0.3) is 0 Å². The van der Waals surface area contributed by atoms with Crippen molar-refractivity contribution in [3.63, 3.8) is 0 Å². The van der Waals surface area contributed by atoms with Gasteiger partial charge in [-0.05, 0) is 31.1 Å². The molecule has 72 valence electrons. The number of aliphatic hydroxyl groups excluding tert-OH is 1. The molecular formula is C10H20O2. The highest BCUT2D eigenvalue weighted by atomic mass is 16.5. The molecule has 0 aromatic heterocycles. The summed E-state index contributed by atoms with van der Waals surface area (Å²) in [5, 5.41) is 9.19. The Labute approximate surface area is 74.9 Å². The fourth-order valence-electron chi connectivity index (χ4n) is 1.81. The van der Waals surface area contributed by atoms with Gasteiger partial charge in [-0.3, -0.25) is 0 Å². The second kappa shape index (κ2) is 3.35. The third kappa shape index (κ3) is 1.99. The molecule has 1 saturated carbocycles. The summed E-state index contributed by atoms with van der Waals surface area (Å²) in [5.41, 5.74) is 0.215. The van der Waals surface area contributed by atoms with Crippen LogP contribution in [0.15, 0.2) is 0 Å². The summed E-state index contributed by atoms with van der Waals surface area (Å²) in [6.45, 7) is 4.73. The van der Waals surface area contributed by atoms with E-state index in [9.17, 15) is 5.11 Å². The number of ether oxygens (including phenoxy) is 1. The van der Waals surface area contributed by atoms with Crippen LogP contribution >= 0.6 is 0 Å². The van der Waals surface area contributed by atoms with E-state index in [4.69, 9.17) is 4.74 Å². The number of hydrogen-bond acceptors (Lipinski definition) is 2. The number of methoxy groups -OCH3 is 1. The zero-order valence-corrected chi connectivity index (χ0v) is 8.39. The van der Waals surface area contributed by atoms with Crippen molar-refractivity contribution < 1.29 is 9.84 Å². The standard InChI is InChI=1S/C10H20O2/c1-9(2)4-6-10(8-11,12-3)7-5-9/h11H,4-8H2,1-3H3. The maximum absolute atomic E-state index is 9.19. The second-order valence-corrected chi connectivity index (χ2v) is 4.71. The van der Waals surface area contributed by atoms with E-state index in [0.717, 1.165) is 25.7 Å². The minimum Gasteiger partial charge on any atom is -0.393 e. The van der Waals surface area contributed by atoms with E-state index in [1.807, 2.05) is 0 Å². The molecule has 0 unspecified atom stereocenters. The van der Waals surface area contributed by atoms with Crippen molar-refractivity contribution in [2.45, 2.75) is 45.1 Å². The summed E-state index contributed by atoms with van der Waals surface area (Å²) in [6.07, 6.45) is 4.29. The molecule has 0 aromatic rings. The lowest BCUT2D eigenvalue weighted by Gasteiger charge is -2.41. The van der Waals surface area contributed by atoms with Crippen molar-refractivity contribution >= 4 is 0 Å². The maximum atomic E-state index is 9.19. The third-order valence-electron chi connectivity index (χ3n) is 3.24. The summed E-state index contributed by atoms with van der Waals surface area (Å²) in [7, 11) is 1.70. The highest BCUT2D eigenvalue weighted by molar-refractivity contribution is 4.89. The zero-order chi connectivity index (χ0) is 9.24. The normalized spacial score (nSPS) is 27.0. The van der Waals surface area contributed by atoms with E-state index in [2.05, 4.69) is 13.8 Å². The Bertz CT molecular complexity index is 136. The first-order chi connectivity index (χ1) is 5.54. The average Bonchev–Trinajstić information content (AvgIpc) is 2.06. The van der Waals surface area contributed by atoms with E-state index in [1.165, 1.54) is 0 Å². The molecule has 0 bridgehead atoms. The SMILES string of the molecule is COC1(CO)CCC(C)(C)CC1. The van der Waals surface area contributed by atoms with Crippen LogP contribution in [0.5, 0.6) is 0 Å². The summed E-state index contributed by atoms with van der Waals surface area (Å²) in [4.78, 5) is 0. The Morgan fingerprint density at radius 2 is 1.67 bits per heavy atom. The molecule has 0 radical (unpaired) electrons. The lowest BCUT2D eigenvalue weighted by atomic mass is 9.71. The minimum atomic E-state index is -0.227. The lowest BCUT2D eigenvalue weighted by molar-refractivity contribution is -0.0926. The molecule has 1 N–H and O–H groups in total. The smallest absolute Gasteiger partial charge is 0.0908 e. The van der Waals surface area contributed by atoms with E-state index < -0.39 is 0 Å². The summed E-state index contributed by atoms with van der Waals surface area (Å²) >= 11 is 0. The van der Waals surface area contributed by atoms with Gasteiger partial charge < -0.3 is 9.84 Å². The highest BCUT2D eigenvalue weighted by Crippen LogP contribution is 2.41. The van der Waals surface area contributed by atoms with Crippen LogP contribution in [0.2, 0.25) is 0 Å². The molecule has 12 heavy (non-hydrogen) atoms. The van der Waals surface area contributed by atoms with E-state index in [0.29, 0.717) is 5.41 Å². The molecule has 1 fully saturated rings. The first-order valence-corrected chi connectivity index (χ1v) is 4.70. The predicted octanol–water partition coefficient (Wildman–Crippen LogP) is 1.96. The van der Waals surface area contributed by atoms with Gasteiger partial charge in [-0.15, -0.1) is 0 Å². The molecule has 0 atom stereocenters. The molecule has 2 nitrogen and oxygen atoms in total. The van der Waals surface area contributed by atoms with Crippen LogP contribution in [-0.4, -0.2) is 24.4 Å². The summed E-state index contributed by atoms with van der Waals surface area (Å²) in [5.74, 6) is 0. The number of rotatable bonds is 2. The van der Waals surface area contributed by atoms with Crippen molar-refractivity contribution in [1.29, 1.82) is 0 Å². The molecule has 1 aliphatic rings. The highest BCUT2D eigenvalue weighted by Gasteiger charge is 2.37. The third-order valence-corrected chi connectivity index (χ3v) is 3.24. The second-order valence-electron chi connectivity index (χ2n) is 4.71. The van der Waals surface area contributed by atoms with Crippen LogP contribution < -0.4 is 0 Å². The number of hydrogen-bond donors (Lipinski definition) is 1. The van der Waals surface area contributed by atoms with Crippen molar-refractivity contribution in [2.75, 3.05) is 13.7 Å². The molecular weight excluding hydrogens is 152 g/mol. The Hall–Kier alpha value is -0.0800. The van der Waals surface area contributed by atoms with Crippen LogP contribution in [0.3, 0.4) is 0 Å². The van der Waals surface area contributed by atoms with Crippen molar-refractivity contribution in [2.24, 2.45) is 5.41 Å². The monoisotopic (exact) mass is 172 g/mol. The fourth-order valence-corrected chi connectivity index (χ4v) is 1.81. The van der Waals surface area contributed by atoms with Crippen molar-refractivity contribution in [1.82, 2.24) is 0 Å². The van der Waals surface area contributed by atoms with Gasteiger partial charge in [-0.1, -0.05) is 13.8 Å². The van der Waals surface area contributed by atoms with Gasteiger partial charge in [0.25, 0.3) is 0 Å². The van der Waals surface area contributed by atoms with E-state index in [-0.39, 0.29) is 12.2 Å². The Balaban J connectivity index is 2.53. The molecule has 0 aromatic carbocycles. The Morgan fingerprint density at radius 3 is 2.00 bits per heavy atom. The first-order valence-electron chi connectivity index (χ1n) is 4.70. The fraction of sp³-hybridized carbons (Fsp3) is 1.00. The predicted molar refractivity (Wildman–Crippen MR) is 49.1 cm³/mol. The molecule has 0 amide bonds. The van der Waals surface area contributed by atoms with Gasteiger partial charge in [0, 0.05) is 7.11 Å². The van der Waals surface area contributed by atoms with Crippen molar-refractivity contribution in [3.8, 4) is 0 Å². The van der Waals surface area contributed by atoms with Gasteiger partial charge in [0.15, 0.2) is 0 Å². The van der Waals surface area contributed by atoms with Gasteiger partial charge in [0.2, 0.25) is 0 Å². The number of aliphatic hydroxyl groups is 1.